The van der Waals surface area contributed by atoms with E-state index in [-0.39, 0.29) is 5.91 Å². The molecule has 0 N–H and O–H groups in total. The third-order valence-electron chi connectivity index (χ3n) is 4.60. The second-order valence-electron chi connectivity index (χ2n) is 6.34. The van der Waals surface area contributed by atoms with Gasteiger partial charge in [-0.15, -0.1) is 0 Å². The molecule has 1 aliphatic carbocycles. The van der Waals surface area contributed by atoms with Gasteiger partial charge in [0, 0.05) is 39.3 Å². The van der Waals surface area contributed by atoms with E-state index < -0.39 is 5.41 Å². The molecule has 0 aromatic heterocycles. The van der Waals surface area contributed by atoms with Crippen LogP contribution < -0.4 is 0 Å². The summed E-state index contributed by atoms with van der Waals surface area (Å²) in [6.07, 6.45) is 3.54. The van der Waals surface area contributed by atoms with Crippen molar-refractivity contribution < 1.29 is 4.79 Å². The van der Waals surface area contributed by atoms with Crippen LogP contribution in [0, 0.1) is 16.7 Å². The highest BCUT2D eigenvalue weighted by Crippen LogP contribution is 2.39. The van der Waals surface area contributed by atoms with Crippen molar-refractivity contribution in [2.75, 3.05) is 53.4 Å². The highest BCUT2D eigenvalue weighted by molar-refractivity contribution is 5.86. The minimum Gasteiger partial charge on any atom is -0.339 e. The number of amides is 1. The molecule has 1 saturated heterocycles. The van der Waals surface area contributed by atoms with Crippen molar-refractivity contribution in [3.8, 4) is 6.07 Å². The number of likely N-dealkylation sites (N-methyl/N-ethyl adjacent to an activating group) is 1. The normalized spacial score (nSPS) is 23.0. The Balaban J connectivity index is 1.84. The molecule has 0 aromatic carbocycles. The molecule has 2 rings (SSSR count). The predicted molar refractivity (Wildman–Crippen MR) is 78.1 cm³/mol. The van der Waals surface area contributed by atoms with Gasteiger partial charge in [0.15, 0.2) is 0 Å². The van der Waals surface area contributed by atoms with Gasteiger partial charge in [0.05, 0.1) is 6.07 Å². The van der Waals surface area contributed by atoms with Gasteiger partial charge in [-0.3, -0.25) is 9.69 Å². The quantitative estimate of drug-likeness (QED) is 0.762. The third kappa shape index (κ3) is 3.31. The summed E-state index contributed by atoms with van der Waals surface area (Å²) >= 11 is 0. The Bertz CT molecular complexity index is 374. The van der Waals surface area contributed by atoms with Crippen molar-refractivity contribution in [1.29, 1.82) is 5.26 Å². The lowest BCUT2D eigenvalue weighted by atomic mass is 9.86. The standard InChI is InChI=1S/C15H26N4O/c1-17(2)7-8-18-9-11-19(12-10-18)14(20)15(13-16)5-3-4-6-15/h3-12H2,1-2H3. The number of hydrogen-bond acceptors (Lipinski definition) is 4. The monoisotopic (exact) mass is 278 g/mol. The van der Waals surface area contributed by atoms with Crippen molar-refractivity contribution in [3.05, 3.63) is 0 Å². The first-order chi connectivity index (χ1) is 9.57. The second kappa shape index (κ2) is 6.55. The lowest BCUT2D eigenvalue weighted by Gasteiger charge is -2.38. The van der Waals surface area contributed by atoms with Crippen molar-refractivity contribution in [3.63, 3.8) is 0 Å². The largest absolute Gasteiger partial charge is 0.339 e. The molecule has 2 fully saturated rings. The van der Waals surface area contributed by atoms with Gasteiger partial charge in [-0.1, -0.05) is 12.8 Å². The maximum Gasteiger partial charge on any atom is 0.243 e. The first-order valence-corrected chi connectivity index (χ1v) is 7.65. The van der Waals surface area contributed by atoms with Crippen LogP contribution in [-0.4, -0.2) is 74.0 Å². The maximum atomic E-state index is 12.6. The van der Waals surface area contributed by atoms with Crippen molar-refractivity contribution in [1.82, 2.24) is 14.7 Å². The Morgan fingerprint density at radius 3 is 2.30 bits per heavy atom. The maximum absolute atomic E-state index is 12.6. The summed E-state index contributed by atoms with van der Waals surface area (Å²) in [5.74, 6) is 0.0877. The molecule has 0 aromatic rings. The Labute approximate surface area is 122 Å². The van der Waals surface area contributed by atoms with E-state index in [1.165, 1.54) is 0 Å². The zero-order valence-corrected chi connectivity index (χ0v) is 12.8. The van der Waals surface area contributed by atoms with Crippen LogP contribution in [0.4, 0.5) is 0 Å². The fourth-order valence-electron chi connectivity index (χ4n) is 3.17. The Kier molecular flexibility index (Phi) is 5.00. The van der Waals surface area contributed by atoms with E-state index in [4.69, 9.17) is 0 Å². The summed E-state index contributed by atoms with van der Waals surface area (Å²) in [6.45, 7) is 5.52. The molecule has 1 amide bonds. The molecular formula is C15H26N4O. The van der Waals surface area contributed by atoms with E-state index in [0.717, 1.165) is 65.0 Å². The molecule has 20 heavy (non-hydrogen) atoms. The Morgan fingerprint density at radius 2 is 1.80 bits per heavy atom. The predicted octanol–water partition coefficient (Wildman–Crippen LogP) is 0.776. The molecular weight excluding hydrogens is 252 g/mol. The van der Waals surface area contributed by atoms with Gasteiger partial charge in [0.1, 0.15) is 5.41 Å². The van der Waals surface area contributed by atoms with Crippen LogP contribution in [0.15, 0.2) is 0 Å². The second-order valence-corrected chi connectivity index (χ2v) is 6.34. The van der Waals surface area contributed by atoms with Gasteiger partial charge in [0.25, 0.3) is 0 Å². The van der Waals surface area contributed by atoms with E-state index in [0.29, 0.717) is 0 Å². The van der Waals surface area contributed by atoms with Crippen molar-refractivity contribution in [2.45, 2.75) is 25.7 Å². The summed E-state index contributed by atoms with van der Waals surface area (Å²) in [5, 5.41) is 9.40. The number of piperazine rings is 1. The number of rotatable bonds is 4. The summed E-state index contributed by atoms with van der Waals surface area (Å²) in [4.78, 5) is 19.1. The van der Waals surface area contributed by atoms with Gasteiger partial charge in [0.2, 0.25) is 5.91 Å². The first-order valence-electron chi connectivity index (χ1n) is 7.65. The topological polar surface area (TPSA) is 50.6 Å². The Hall–Kier alpha value is -1.12. The van der Waals surface area contributed by atoms with Gasteiger partial charge in [-0.25, -0.2) is 0 Å². The lowest BCUT2D eigenvalue weighted by Crippen LogP contribution is -2.53. The SMILES string of the molecule is CN(C)CCN1CCN(C(=O)C2(C#N)CCCC2)CC1. The third-order valence-corrected chi connectivity index (χ3v) is 4.60. The highest BCUT2D eigenvalue weighted by atomic mass is 16.2. The van der Waals surface area contributed by atoms with Gasteiger partial charge in [-0.05, 0) is 26.9 Å². The van der Waals surface area contributed by atoms with Gasteiger partial charge >= 0.3 is 0 Å². The van der Waals surface area contributed by atoms with Crippen LogP contribution in [0.2, 0.25) is 0 Å². The molecule has 0 atom stereocenters. The van der Waals surface area contributed by atoms with Gasteiger partial charge < -0.3 is 9.80 Å². The van der Waals surface area contributed by atoms with E-state index in [2.05, 4.69) is 30.0 Å². The van der Waals surface area contributed by atoms with Crippen molar-refractivity contribution >= 4 is 5.91 Å². The highest BCUT2D eigenvalue weighted by Gasteiger charge is 2.44. The van der Waals surface area contributed by atoms with Crippen LogP contribution in [0.25, 0.3) is 0 Å². The average Bonchev–Trinajstić information content (AvgIpc) is 2.95. The zero-order valence-electron chi connectivity index (χ0n) is 12.8. The van der Waals surface area contributed by atoms with Crippen LogP contribution in [0.1, 0.15) is 25.7 Å². The molecule has 0 spiro atoms. The lowest BCUT2D eigenvalue weighted by molar-refractivity contribution is -0.140. The molecule has 0 radical (unpaired) electrons. The smallest absolute Gasteiger partial charge is 0.243 e. The number of carbonyl (C=O) groups is 1. The summed E-state index contributed by atoms with van der Waals surface area (Å²) in [7, 11) is 4.16. The molecule has 1 heterocycles. The molecule has 1 saturated carbocycles. The zero-order chi connectivity index (χ0) is 14.6. The summed E-state index contributed by atoms with van der Waals surface area (Å²) in [6, 6.07) is 2.31. The minimum atomic E-state index is -0.703. The summed E-state index contributed by atoms with van der Waals surface area (Å²) in [5.41, 5.74) is -0.703. The molecule has 1 aliphatic heterocycles. The first kappa shape index (κ1) is 15.3. The van der Waals surface area contributed by atoms with Crippen LogP contribution in [0.5, 0.6) is 0 Å². The summed E-state index contributed by atoms with van der Waals surface area (Å²) < 4.78 is 0. The number of carbonyl (C=O) groups excluding carboxylic acids is 1. The number of nitriles is 1. The van der Waals surface area contributed by atoms with Gasteiger partial charge in [-0.2, -0.15) is 5.26 Å². The molecule has 2 aliphatic rings. The molecule has 0 bridgehead atoms. The molecule has 5 nitrogen and oxygen atoms in total. The average molecular weight is 278 g/mol. The molecule has 5 heteroatoms. The van der Waals surface area contributed by atoms with E-state index in [1.807, 2.05) is 4.90 Å². The van der Waals surface area contributed by atoms with E-state index >= 15 is 0 Å². The van der Waals surface area contributed by atoms with E-state index in [9.17, 15) is 10.1 Å². The fourth-order valence-corrected chi connectivity index (χ4v) is 3.17. The van der Waals surface area contributed by atoms with Crippen LogP contribution in [0.3, 0.4) is 0 Å². The fraction of sp³-hybridized carbons (Fsp3) is 0.867. The minimum absolute atomic E-state index is 0.0877. The van der Waals surface area contributed by atoms with Crippen molar-refractivity contribution in [2.24, 2.45) is 5.41 Å². The Morgan fingerprint density at radius 1 is 1.20 bits per heavy atom. The van der Waals surface area contributed by atoms with Crippen LogP contribution in [-0.2, 0) is 4.79 Å². The molecule has 112 valence electrons. The number of nitrogens with zero attached hydrogens (tertiary/aromatic N) is 4. The molecule has 0 unspecified atom stereocenters. The van der Waals surface area contributed by atoms with Crippen LogP contribution >= 0.6 is 0 Å². The number of hydrogen-bond donors (Lipinski definition) is 0. The van der Waals surface area contributed by atoms with E-state index in [1.54, 1.807) is 0 Å².